The Kier molecular flexibility index (Phi) is 6.31. The van der Waals surface area contributed by atoms with Gasteiger partial charge in [0.2, 0.25) is 0 Å². The van der Waals surface area contributed by atoms with Crippen molar-refractivity contribution in [3.05, 3.63) is 24.3 Å². The summed E-state index contributed by atoms with van der Waals surface area (Å²) >= 11 is 0. The Balaban J connectivity index is 2.68. The van der Waals surface area contributed by atoms with E-state index in [2.05, 4.69) is 10.6 Å². The van der Waals surface area contributed by atoms with Crippen LogP contribution in [-0.4, -0.2) is 43.5 Å². The topological polar surface area (TPSA) is 96.9 Å². The molecular formula is C13H18N2O5. The molecule has 0 aliphatic rings. The Morgan fingerprint density at radius 1 is 1.35 bits per heavy atom. The van der Waals surface area contributed by atoms with E-state index in [1.807, 2.05) is 6.92 Å². The second-order valence-electron chi connectivity index (χ2n) is 3.87. The highest BCUT2D eigenvalue weighted by atomic mass is 16.5. The Morgan fingerprint density at radius 2 is 2.05 bits per heavy atom. The number of carbonyl (C=O) groups excluding carboxylic acids is 1. The van der Waals surface area contributed by atoms with Gasteiger partial charge in [-0.15, -0.1) is 0 Å². The van der Waals surface area contributed by atoms with Gasteiger partial charge in [-0.1, -0.05) is 12.1 Å². The summed E-state index contributed by atoms with van der Waals surface area (Å²) in [6, 6.07) is 5.14. The smallest absolute Gasteiger partial charge is 0.328 e. The number of rotatable bonds is 7. The molecule has 1 aromatic carbocycles. The van der Waals surface area contributed by atoms with Crippen molar-refractivity contribution >= 4 is 17.7 Å². The minimum absolute atomic E-state index is 0.115. The maximum absolute atomic E-state index is 11.8. The molecule has 0 spiro atoms. The van der Waals surface area contributed by atoms with Gasteiger partial charge in [0.05, 0.1) is 18.9 Å². The summed E-state index contributed by atoms with van der Waals surface area (Å²) < 4.78 is 10.1. The highest BCUT2D eigenvalue weighted by Gasteiger charge is 2.20. The number of hydrogen-bond donors (Lipinski definition) is 3. The van der Waals surface area contributed by atoms with E-state index in [-0.39, 0.29) is 6.61 Å². The van der Waals surface area contributed by atoms with Crippen molar-refractivity contribution in [1.29, 1.82) is 0 Å². The highest BCUT2D eigenvalue weighted by Crippen LogP contribution is 2.23. The maximum Gasteiger partial charge on any atom is 0.328 e. The van der Waals surface area contributed by atoms with Crippen LogP contribution in [0.1, 0.15) is 6.92 Å². The van der Waals surface area contributed by atoms with E-state index in [0.717, 1.165) is 0 Å². The molecule has 0 saturated heterocycles. The first-order valence-corrected chi connectivity index (χ1v) is 6.09. The molecule has 2 amide bonds. The number of benzene rings is 1. The van der Waals surface area contributed by atoms with Gasteiger partial charge in [0.1, 0.15) is 5.75 Å². The molecule has 0 aliphatic heterocycles. The minimum Gasteiger partial charge on any atom is -0.492 e. The molecular weight excluding hydrogens is 264 g/mol. The van der Waals surface area contributed by atoms with E-state index in [0.29, 0.717) is 18.0 Å². The van der Waals surface area contributed by atoms with Gasteiger partial charge < -0.3 is 25.2 Å². The van der Waals surface area contributed by atoms with Gasteiger partial charge in [-0.3, -0.25) is 0 Å². The standard InChI is InChI=1S/C13H18N2O5/c1-3-20-11-7-5-4-6-9(11)14-13(18)15-10(8-19-2)12(16)17/h4-7,10H,3,8H2,1-2H3,(H,16,17)(H2,14,15,18). The van der Waals surface area contributed by atoms with Crippen LogP contribution in [0.15, 0.2) is 24.3 Å². The molecule has 1 rings (SSSR count). The molecule has 0 aliphatic carbocycles. The first-order chi connectivity index (χ1) is 9.58. The summed E-state index contributed by atoms with van der Waals surface area (Å²) in [5.41, 5.74) is 0.466. The molecule has 1 aromatic rings. The number of nitrogens with one attached hydrogen (secondary N) is 2. The number of ether oxygens (including phenoxy) is 2. The van der Waals surface area contributed by atoms with Crippen molar-refractivity contribution in [2.24, 2.45) is 0 Å². The molecule has 0 aromatic heterocycles. The van der Waals surface area contributed by atoms with Crippen LogP contribution in [-0.2, 0) is 9.53 Å². The lowest BCUT2D eigenvalue weighted by molar-refractivity contribution is -0.140. The zero-order valence-electron chi connectivity index (χ0n) is 11.4. The number of carboxylic acids is 1. The highest BCUT2D eigenvalue weighted by molar-refractivity contribution is 5.93. The number of hydrogen-bond acceptors (Lipinski definition) is 4. The Labute approximate surface area is 116 Å². The number of amides is 2. The number of carbonyl (C=O) groups is 2. The normalized spacial score (nSPS) is 11.5. The summed E-state index contributed by atoms with van der Waals surface area (Å²) in [7, 11) is 1.36. The van der Waals surface area contributed by atoms with Gasteiger partial charge in [-0.2, -0.15) is 0 Å². The quantitative estimate of drug-likeness (QED) is 0.700. The lowest BCUT2D eigenvalue weighted by Gasteiger charge is -2.15. The molecule has 0 heterocycles. The Hall–Kier alpha value is -2.28. The lowest BCUT2D eigenvalue weighted by atomic mass is 10.3. The van der Waals surface area contributed by atoms with Crippen LogP contribution >= 0.6 is 0 Å². The summed E-state index contributed by atoms with van der Waals surface area (Å²) in [6.45, 7) is 2.17. The van der Waals surface area contributed by atoms with Crippen molar-refractivity contribution in [1.82, 2.24) is 5.32 Å². The zero-order valence-corrected chi connectivity index (χ0v) is 11.4. The third-order valence-corrected chi connectivity index (χ3v) is 2.37. The molecule has 7 nitrogen and oxygen atoms in total. The molecule has 0 bridgehead atoms. The molecule has 0 fully saturated rings. The number of anilines is 1. The van der Waals surface area contributed by atoms with Crippen LogP contribution in [0.3, 0.4) is 0 Å². The molecule has 110 valence electrons. The SMILES string of the molecule is CCOc1ccccc1NC(=O)NC(COC)C(=O)O. The number of methoxy groups -OCH3 is 1. The van der Waals surface area contributed by atoms with Crippen LogP contribution in [0, 0.1) is 0 Å². The monoisotopic (exact) mass is 282 g/mol. The third kappa shape index (κ3) is 4.77. The molecule has 20 heavy (non-hydrogen) atoms. The van der Waals surface area contributed by atoms with E-state index >= 15 is 0 Å². The largest absolute Gasteiger partial charge is 0.492 e. The van der Waals surface area contributed by atoms with Gasteiger partial charge in [0.25, 0.3) is 0 Å². The van der Waals surface area contributed by atoms with Crippen LogP contribution < -0.4 is 15.4 Å². The predicted octanol–water partition coefficient (Wildman–Crippen LogP) is 1.31. The average Bonchev–Trinajstić information content (AvgIpc) is 2.40. The van der Waals surface area contributed by atoms with Crippen molar-refractivity contribution in [2.75, 3.05) is 25.6 Å². The van der Waals surface area contributed by atoms with E-state index in [1.165, 1.54) is 7.11 Å². The second-order valence-corrected chi connectivity index (χ2v) is 3.87. The van der Waals surface area contributed by atoms with Crippen LogP contribution in [0.25, 0.3) is 0 Å². The zero-order chi connectivity index (χ0) is 15.0. The average molecular weight is 282 g/mol. The van der Waals surface area contributed by atoms with Crippen molar-refractivity contribution in [2.45, 2.75) is 13.0 Å². The molecule has 0 saturated carbocycles. The molecule has 7 heteroatoms. The number of urea groups is 1. The van der Waals surface area contributed by atoms with E-state index in [4.69, 9.17) is 14.6 Å². The predicted molar refractivity (Wildman–Crippen MR) is 73.1 cm³/mol. The van der Waals surface area contributed by atoms with Crippen molar-refractivity contribution in [3.63, 3.8) is 0 Å². The fourth-order valence-corrected chi connectivity index (χ4v) is 1.51. The van der Waals surface area contributed by atoms with Gasteiger partial charge in [0, 0.05) is 7.11 Å². The number of aliphatic carboxylic acids is 1. The van der Waals surface area contributed by atoms with Crippen molar-refractivity contribution < 1.29 is 24.2 Å². The summed E-state index contributed by atoms with van der Waals surface area (Å²) in [6.07, 6.45) is 0. The van der Waals surface area contributed by atoms with Gasteiger partial charge in [-0.05, 0) is 19.1 Å². The van der Waals surface area contributed by atoms with E-state index in [9.17, 15) is 9.59 Å². The molecule has 0 radical (unpaired) electrons. The van der Waals surface area contributed by atoms with E-state index in [1.54, 1.807) is 24.3 Å². The summed E-state index contributed by atoms with van der Waals surface area (Å²) in [5, 5.41) is 13.8. The van der Waals surface area contributed by atoms with Gasteiger partial charge in [0.15, 0.2) is 6.04 Å². The molecule has 1 atom stereocenters. The third-order valence-electron chi connectivity index (χ3n) is 2.37. The first-order valence-electron chi connectivity index (χ1n) is 6.09. The molecule has 3 N–H and O–H groups in total. The maximum atomic E-state index is 11.8. The van der Waals surface area contributed by atoms with Crippen LogP contribution in [0.4, 0.5) is 10.5 Å². The summed E-state index contributed by atoms with van der Waals surface area (Å²) in [4.78, 5) is 22.7. The Morgan fingerprint density at radius 3 is 2.65 bits per heavy atom. The van der Waals surface area contributed by atoms with Gasteiger partial charge >= 0.3 is 12.0 Å². The number of carboxylic acid groups (broad SMARTS) is 1. The number of para-hydroxylation sites is 2. The fourth-order valence-electron chi connectivity index (χ4n) is 1.51. The van der Waals surface area contributed by atoms with Gasteiger partial charge in [-0.25, -0.2) is 9.59 Å². The van der Waals surface area contributed by atoms with Crippen LogP contribution in [0.2, 0.25) is 0 Å². The lowest BCUT2D eigenvalue weighted by Crippen LogP contribution is -2.45. The minimum atomic E-state index is -1.17. The van der Waals surface area contributed by atoms with Crippen LogP contribution in [0.5, 0.6) is 5.75 Å². The first kappa shape index (κ1) is 15.8. The second kappa shape index (κ2) is 8.00. The van der Waals surface area contributed by atoms with E-state index < -0.39 is 18.0 Å². The summed E-state index contributed by atoms with van der Waals surface area (Å²) in [5.74, 6) is -0.649. The fraction of sp³-hybridized carbons (Fsp3) is 0.385. The molecule has 1 unspecified atom stereocenters. The van der Waals surface area contributed by atoms with Crippen molar-refractivity contribution in [3.8, 4) is 5.75 Å². The Bertz CT molecular complexity index is 464.